The first-order valence-corrected chi connectivity index (χ1v) is 12.1. The Morgan fingerprint density at radius 3 is 2.88 bits per heavy atom. The Kier molecular flexibility index (Phi) is 5.99. The summed E-state index contributed by atoms with van der Waals surface area (Å²) in [6, 6.07) is 2.05. The predicted molar refractivity (Wildman–Crippen MR) is 124 cm³/mol. The minimum atomic E-state index is -0.206. The van der Waals surface area contributed by atoms with Crippen LogP contribution in [0.1, 0.15) is 68.8 Å². The fourth-order valence-electron chi connectivity index (χ4n) is 5.02. The van der Waals surface area contributed by atoms with E-state index >= 15 is 0 Å². The van der Waals surface area contributed by atoms with Crippen molar-refractivity contribution in [2.24, 2.45) is 0 Å². The van der Waals surface area contributed by atoms with Crippen LogP contribution in [0.15, 0.2) is 6.07 Å². The average Bonchev–Trinajstić information content (AvgIpc) is 3.54. The van der Waals surface area contributed by atoms with Gasteiger partial charge in [-0.05, 0) is 57.4 Å². The number of piperidine rings is 1. The van der Waals surface area contributed by atoms with Gasteiger partial charge in [-0.3, -0.25) is 9.89 Å². The van der Waals surface area contributed by atoms with Gasteiger partial charge in [0.15, 0.2) is 5.82 Å². The fraction of sp³-hybridized carbons (Fsp3) is 0.652. The highest BCUT2D eigenvalue weighted by molar-refractivity contribution is 5.85. The van der Waals surface area contributed by atoms with E-state index in [0.29, 0.717) is 11.9 Å². The molecular formula is C23H34N8O. The number of nitrogens with zero attached hydrogens (tertiary/aromatic N) is 4. The standard InChI is InChI=1S/C23H34N8O/c1-14(2)18-12-20(30-29-18)27-21-16-7-3-8-17(16)26-23(28-21)31-11-5-9-19(31)22(32)25-15-6-4-10-24-13-15/h12,14-15,19,24H,3-11,13H2,1-2H3,(H,25,32)(H2,26,27,28,29,30)/t15?,19-/m1/s1. The largest absolute Gasteiger partial charge is 0.350 e. The van der Waals surface area contributed by atoms with Gasteiger partial charge in [-0.1, -0.05) is 13.8 Å². The molecule has 3 aliphatic rings. The summed E-state index contributed by atoms with van der Waals surface area (Å²) < 4.78 is 0. The number of carbonyl (C=O) groups is 1. The van der Waals surface area contributed by atoms with Gasteiger partial charge in [-0.25, -0.2) is 4.98 Å². The lowest BCUT2D eigenvalue weighted by molar-refractivity contribution is -0.123. The molecule has 5 rings (SSSR count). The molecule has 0 saturated carbocycles. The van der Waals surface area contributed by atoms with Gasteiger partial charge in [0, 0.05) is 36.5 Å². The number of carbonyl (C=O) groups excluding carboxylic acids is 1. The third kappa shape index (κ3) is 4.30. The number of aromatic amines is 1. The summed E-state index contributed by atoms with van der Waals surface area (Å²) in [5, 5.41) is 17.6. The Labute approximate surface area is 189 Å². The monoisotopic (exact) mass is 438 g/mol. The normalized spacial score (nSPS) is 22.9. The van der Waals surface area contributed by atoms with E-state index in [2.05, 4.69) is 44.9 Å². The second kappa shape index (κ2) is 9.05. The number of anilines is 3. The fourth-order valence-corrected chi connectivity index (χ4v) is 5.02. The smallest absolute Gasteiger partial charge is 0.243 e. The minimum Gasteiger partial charge on any atom is -0.350 e. The van der Waals surface area contributed by atoms with Gasteiger partial charge in [0.1, 0.15) is 11.9 Å². The molecule has 2 fully saturated rings. The van der Waals surface area contributed by atoms with Crippen molar-refractivity contribution in [1.29, 1.82) is 0 Å². The number of aromatic nitrogens is 4. The van der Waals surface area contributed by atoms with Crippen molar-refractivity contribution < 1.29 is 4.79 Å². The number of rotatable bonds is 6. The summed E-state index contributed by atoms with van der Waals surface area (Å²) in [5.74, 6) is 2.74. The number of H-pyrrole nitrogens is 1. The van der Waals surface area contributed by atoms with E-state index in [0.717, 1.165) is 87.6 Å². The molecule has 2 atom stereocenters. The van der Waals surface area contributed by atoms with E-state index in [-0.39, 0.29) is 18.0 Å². The van der Waals surface area contributed by atoms with Crippen LogP contribution in [-0.2, 0) is 17.6 Å². The Morgan fingerprint density at radius 2 is 2.09 bits per heavy atom. The van der Waals surface area contributed by atoms with Crippen LogP contribution >= 0.6 is 0 Å². The Morgan fingerprint density at radius 1 is 1.19 bits per heavy atom. The third-order valence-corrected chi connectivity index (χ3v) is 6.84. The molecule has 0 aromatic carbocycles. The third-order valence-electron chi connectivity index (χ3n) is 6.84. The summed E-state index contributed by atoms with van der Waals surface area (Å²) in [7, 11) is 0. The van der Waals surface area contributed by atoms with Crippen molar-refractivity contribution in [3.8, 4) is 0 Å². The molecule has 32 heavy (non-hydrogen) atoms. The summed E-state index contributed by atoms with van der Waals surface area (Å²) in [4.78, 5) is 25.0. The predicted octanol–water partition coefficient (Wildman–Crippen LogP) is 2.39. The maximum absolute atomic E-state index is 13.1. The van der Waals surface area contributed by atoms with Crippen molar-refractivity contribution in [2.45, 2.75) is 76.8 Å². The highest BCUT2D eigenvalue weighted by atomic mass is 16.2. The number of hydrogen-bond donors (Lipinski definition) is 4. The number of hydrogen-bond acceptors (Lipinski definition) is 7. The van der Waals surface area contributed by atoms with Gasteiger partial charge in [0.05, 0.1) is 5.69 Å². The highest BCUT2D eigenvalue weighted by Gasteiger charge is 2.35. The lowest BCUT2D eigenvalue weighted by atomic mass is 10.1. The number of fused-ring (bicyclic) bond motifs is 1. The van der Waals surface area contributed by atoms with Gasteiger partial charge < -0.3 is 20.9 Å². The number of nitrogens with one attached hydrogen (secondary N) is 4. The maximum Gasteiger partial charge on any atom is 0.243 e. The molecule has 1 amide bonds. The molecule has 1 unspecified atom stereocenters. The highest BCUT2D eigenvalue weighted by Crippen LogP contribution is 2.32. The molecule has 2 aliphatic heterocycles. The van der Waals surface area contributed by atoms with E-state index in [1.165, 1.54) is 5.56 Å². The Bertz CT molecular complexity index is 965. The SMILES string of the molecule is CC(C)c1cc(Nc2nc(N3CCC[C@@H]3C(=O)NC3CCCNC3)nc3c2CCC3)n[nH]1. The van der Waals surface area contributed by atoms with Crippen LogP contribution in [0.25, 0.3) is 0 Å². The van der Waals surface area contributed by atoms with E-state index in [1.807, 2.05) is 6.07 Å². The maximum atomic E-state index is 13.1. The van der Waals surface area contributed by atoms with Crippen molar-refractivity contribution in [2.75, 3.05) is 29.9 Å². The summed E-state index contributed by atoms with van der Waals surface area (Å²) in [6.45, 7) is 6.97. The molecule has 4 heterocycles. The van der Waals surface area contributed by atoms with Crippen LogP contribution in [0.2, 0.25) is 0 Å². The first-order chi connectivity index (χ1) is 15.6. The molecule has 9 nitrogen and oxygen atoms in total. The van der Waals surface area contributed by atoms with E-state index in [4.69, 9.17) is 9.97 Å². The van der Waals surface area contributed by atoms with E-state index in [9.17, 15) is 4.79 Å². The average molecular weight is 439 g/mol. The topological polar surface area (TPSA) is 111 Å². The summed E-state index contributed by atoms with van der Waals surface area (Å²) in [5.41, 5.74) is 3.36. The van der Waals surface area contributed by atoms with Crippen LogP contribution in [0.3, 0.4) is 0 Å². The molecule has 9 heteroatoms. The first-order valence-electron chi connectivity index (χ1n) is 12.1. The van der Waals surface area contributed by atoms with Crippen molar-refractivity contribution in [3.63, 3.8) is 0 Å². The van der Waals surface area contributed by atoms with Crippen LogP contribution in [-0.4, -0.2) is 57.8 Å². The first kappa shape index (κ1) is 21.2. The molecule has 2 aromatic rings. The molecule has 172 valence electrons. The molecule has 0 bridgehead atoms. The summed E-state index contributed by atoms with van der Waals surface area (Å²) in [6.07, 6.45) is 6.96. The van der Waals surface area contributed by atoms with Crippen LogP contribution < -0.4 is 20.9 Å². The van der Waals surface area contributed by atoms with Gasteiger partial charge in [-0.2, -0.15) is 10.1 Å². The Hall–Kier alpha value is -2.68. The minimum absolute atomic E-state index is 0.101. The van der Waals surface area contributed by atoms with Crippen molar-refractivity contribution in [1.82, 2.24) is 30.8 Å². The molecule has 1 aliphatic carbocycles. The Balaban J connectivity index is 1.37. The number of aryl methyl sites for hydroxylation is 1. The van der Waals surface area contributed by atoms with Crippen molar-refractivity contribution >= 4 is 23.5 Å². The van der Waals surface area contributed by atoms with E-state index in [1.54, 1.807) is 0 Å². The molecule has 0 spiro atoms. The zero-order valence-corrected chi connectivity index (χ0v) is 19.1. The molecule has 2 saturated heterocycles. The molecule has 2 aromatic heterocycles. The lowest BCUT2D eigenvalue weighted by Crippen LogP contribution is -2.51. The van der Waals surface area contributed by atoms with Gasteiger partial charge in [-0.15, -0.1) is 0 Å². The van der Waals surface area contributed by atoms with Crippen LogP contribution in [0.4, 0.5) is 17.6 Å². The number of amides is 1. The second-order valence-corrected chi connectivity index (χ2v) is 9.54. The molecular weight excluding hydrogens is 404 g/mol. The quantitative estimate of drug-likeness (QED) is 0.548. The van der Waals surface area contributed by atoms with Gasteiger partial charge in [0.2, 0.25) is 11.9 Å². The van der Waals surface area contributed by atoms with E-state index < -0.39 is 0 Å². The van der Waals surface area contributed by atoms with Crippen LogP contribution in [0, 0.1) is 0 Å². The second-order valence-electron chi connectivity index (χ2n) is 9.54. The van der Waals surface area contributed by atoms with Crippen LogP contribution in [0.5, 0.6) is 0 Å². The van der Waals surface area contributed by atoms with Crippen molar-refractivity contribution in [3.05, 3.63) is 23.0 Å². The zero-order chi connectivity index (χ0) is 22.1. The molecule has 0 radical (unpaired) electrons. The lowest BCUT2D eigenvalue weighted by Gasteiger charge is -2.29. The van der Waals surface area contributed by atoms with Gasteiger partial charge in [0.25, 0.3) is 0 Å². The molecule has 4 N–H and O–H groups in total. The summed E-state index contributed by atoms with van der Waals surface area (Å²) >= 11 is 0. The zero-order valence-electron chi connectivity index (χ0n) is 19.1. The van der Waals surface area contributed by atoms with Gasteiger partial charge >= 0.3 is 0 Å².